The lowest BCUT2D eigenvalue weighted by Gasteiger charge is -2.37. The number of hydrogen-bond acceptors (Lipinski definition) is 2. The zero-order chi connectivity index (χ0) is 17.3. The molecular weight excluding hydrogens is 298 g/mol. The second-order valence-electron chi connectivity index (χ2n) is 7.01. The molecule has 0 bridgehead atoms. The summed E-state index contributed by atoms with van der Waals surface area (Å²) in [6.45, 7) is 6.94. The molecule has 1 aliphatic carbocycles. The fraction of sp³-hybridized carbons (Fsp3) is 0.650. The molecule has 0 unspecified atom stereocenters. The average molecular weight is 332 g/mol. The fourth-order valence-electron chi connectivity index (χ4n) is 3.62. The SMILES string of the molecule is CCNC(=NCc1ccccc1C)NCC1(CCO)CCCCC1. The molecule has 1 saturated carbocycles. The third-order valence-electron chi connectivity index (χ3n) is 5.20. The van der Waals surface area contributed by atoms with Crippen LogP contribution in [-0.2, 0) is 6.54 Å². The summed E-state index contributed by atoms with van der Waals surface area (Å²) in [6, 6.07) is 8.39. The number of aliphatic imine (C=N–C) groups is 1. The Morgan fingerprint density at radius 1 is 1.17 bits per heavy atom. The van der Waals surface area contributed by atoms with Gasteiger partial charge in [-0.2, -0.15) is 0 Å². The lowest BCUT2D eigenvalue weighted by molar-refractivity contribution is 0.131. The minimum atomic E-state index is 0.228. The normalized spacial score (nSPS) is 17.5. The number of benzene rings is 1. The van der Waals surface area contributed by atoms with Crippen LogP contribution >= 0.6 is 0 Å². The zero-order valence-electron chi connectivity index (χ0n) is 15.3. The van der Waals surface area contributed by atoms with Gasteiger partial charge in [0.05, 0.1) is 6.54 Å². The molecule has 0 atom stereocenters. The van der Waals surface area contributed by atoms with E-state index in [-0.39, 0.29) is 12.0 Å². The highest BCUT2D eigenvalue weighted by molar-refractivity contribution is 5.79. The van der Waals surface area contributed by atoms with E-state index >= 15 is 0 Å². The molecule has 0 radical (unpaired) electrons. The topological polar surface area (TPSA) is 56.7 Å². The van der Waals surface area contributed by atoms with Crippen LogP contribution in [0.2, 0.25) is 0 Å². The van der Waals surface area contributed by atoms with E-state index in [0.29, 0.717) is 6.54 Å². The molecule has 4 heteroatoms. The summed E-state index contributed by atoms with van der Waals surface area (Å²) >= 11 is 0. The minimum Gasteiger partial charge on any atom is -0.396 e. The van der Waals surface area contributed by atoms with Crippen molar-refractivity contribution in [1.82, 2.24) is 10.6 Å². The standard InChI is InChI=1S/C20H33N3O/c1-3-21-19(22-15-18-10-6-5-9-17(18)2)23-16-20(13-14-24)11-7-4-8-12-20/h5-6,9-10,24H,3-4,7-8,11-16H2,1-2H3,(H2,21,22,23). The van der Waals surface area contributed by atoms with Crippen molar-refractivity contribution in [3.63, 3.8) is 0 Å². The van der Waals surface area contributed by atoms with Gasteiger partial charge in [0.2, 0.25) is 0 Å². The van der Waals surface area contributed by atoms with Crippen LogP contribution in [-0.4, -0.2) is 30.8 Å². The van der Waals surface area contributed by atoms with Crippen molar-refractivity contribution in [3.8, 4) is 0 Å². The molecule has 0 saturated heterocycles. The highest BCUT2D eigenvalue weighted by atomic mass is 16.3. The number of aryl methyl sites for hydroxylation is 1. The third kappa shape index (κ3) is 5.52. The molecule has 1 aliphatic rings. The van der Waals surface area contributed by atoms with E-state index in [1.807, 2.05) is 0 Å². The van der Waals surface area contributed by atoms with Crippen molar-refractivity contribution in [3.05, 3.63) is 35.4 Å². The molecule has 1 aromatic carbocycles. The molecule has 0 aromatic heterocycles. The van der Waals surface area contributed by atoms with Crippen LogP contribution in [0, 0.1) is 12.3 Å². The Kier molecular flexibility index (Phi) is 7.57. The van der Waals surface area contributed by atoms with E-state index in [1.54, 1.807) is 0 Å². The largest absolute Gasteiger partial charge is 0.396 e. The summed E-state index contributed by atoms with van der Waals surface area (Å²) in [5.41, 5.74) is 2.77. The van der Waals surface area contributed by atoms with Crippen molar-refractivity contribution in [1.29, 1.82) is 0 Å². The van der Waals surface area contributed by atoms with Gasteiger partial charge in [-0.05, 0) is 49.7 Å². The van der Waals surface area contributed by atoms with Crippen LogP contribution in [0.15, 0.2) is 29.3 Å². The number of rotatable bonds is 7. The van der Waals surface area contributed by atoms with Crippen molar-refractivity contribution >= 4 is 5.96 Å². The minimum absolute atomic E-state index is 0.228. The third-order valence-corrected chi connectivity index (χ3v) is 5.20. The molecule has 24 heavy (non-hydrogen) atoms. The smallest absolute Gasteiger partial charge is 0.191 e. The Labute approximate surface area is 146 Å². The average Bonchev–Trinajstić information content (AvgIpc) is 2.60. The van der Waals surface area contributed by atoms with Crippen molar-refractivity contribution < 1.29 is 5.11 Å². The molecule has 1 fully saturated rings. The van der Waals surface area contributed by atoms with E-state index in [1.165, 1.54) is 43.2 Å². The van der Waals surface area contributed by atoms with E-state index in [2.05, 4.69) is 48.7 Å². The summed E-state index contributed by atoms with van der Waals surface area (Å²) in [5.74, 6) is 0.878. The molecule has 0 amide bonds. The Bertz CT molecular complexity index is 516. The predicted molar refractivity (Wildman–Crippen MR) is 101 cm³/mol. The van der Waals surface area contributed by atoms with Crippen molar-refractivity contribution in [2.24, 2.45) is 10.4 Å². The van der Waals surface area contributed by atoms with E-state index in [0.717, 1.165) is 25.5 Å². The number of aliphatic hydroxyl groups is 1. The van der Waals surface area contributed by atoms with E-state index in [9.17, 15) is 5.11 Å². The second-order valence-corrected chi connectivity index (χ2v) is 7.01. The molecule has 0 heterocycles. The Morgan fingerprint density at radius 2 is 1.92 bits per heavy atom. The molecular formula is C20H33N3O. The predicted octanol–water partition coefficient (Wildman–Crippen LogP) is 3.38. The van der Waals surface area contributed by atoms with Gasteiger partial charge in [-0.25, -0.2) is 4.99 Å². The maximum atomic E-state index is 9.46. The Morgan fingerprint density at radius 3 is 2.58 bits per heavy atom. The van der Waals surface area contributed by atoms with Gasteiger partial charge in [0.1, 0.15) is 0 Å². The molecule has 1 aromatic rings. The number of guanidine groups is 1. The van der Waals surface area contributed by atoms with Crippen LogP contribution < -0.4 is 10.6 Å². The highest BCUT2D eigenvalue weighted by Crippen LogP contribution is 2.38. The first-order valence-corrected chi connectivity index (χ1v) is 9.37. The van der Waals surface area contributed by atoms with Gasteiger partial charge in [-0.1, -0.05) is 43.5 Å². The van der Waals surface area contributed by atoms with Gasteiger partial charge in [-0.3, -0.25) is 0 Å². The molecule has 4 nitrogen and oxygen atoms in total. The van der Waals surface area contributed by atoms with Gasteiger partial charge >= 0.3 is 0 Å². The summed E-state index contributed by atoms with van der Waals surface area (Å²) < 4.78 is 0. The Balaban J connectivity index is 1.99. The lowest BCUT2D eigenvalue weighted by Crippen LogP contribution is -2.45. The van der Waals surface area contributed by atoms with Crippen LogP contribution in [0.5, 0.6) is 0 Å². The van der Waals surface area contributed by atoms with Gasteiger partial charge in [0.15, 0.2) is 5.96 Å². The highest BCUT2D eigenvalue weighted by Gasteiger charge is 2.31. The summed E-state index contributed by atoms with van der Waals surface area (Å²) in [6.07, 6.45) is 7.18. The van der Waals surface area contributed by atoms with Crippen LogP contribution in [0.4, 0.5) is 0 Å². The van der Waals surface area contributed by atoms with Gasteiger partial charge < -0.3 is 15.7 Å². The maximum absolute atomic E-state index is 9.46. The van der Waals surface area contributed by atoms with Crippen molar-refractivity contribution in [2.45, 2.75) is 58.9 Å². The second kappa shape index (κ2) is 9.67. The zero-order valence-corrected chi connectivity index (χ0v) is 15.3. The number of nitrogens with zero attached hydrogens (tertiary/aromatic N) is 1. The monoisotopic (exact) mass is 331 g/mol. The lowest BCUT2D eigenvalue weighted by atomic mass is 9.72. The number of hydrogen-bond donors (Lipinski definition) is 3. The molecule has 3 N–H and O–H groups in total. The first-order chi connectivity index (χ1) is 11.7. The molecule has 2 rings (SSSR count). The first kappa shape index (κ1) is 18.8. The quantitative estimate of drug-likeness (QED) is 0.530. The first-order valence-electron chi connectivity index (χ1n) is 9.37. The number of nitrogens with one attached hydrogen (secondary N) is 2. The summed E-state index contributed by atoms with van der Waals surface area (Å²) in [4.78, 5) is 4.75. The summed E-state index contributed by atoms with van der Waals surface area (Å²) in [5, 5.41) is 16.3. The fourth-order valence-corrected chi connectivity index (χ4v) is 3.62. The van der Waals surface area contributed by atoms with Gasteiger partial charge in [0.25, 0.3) is 0 Å². The van der Waals surface area contributed by atoms with Crippen molar-refractivity contribution in [2.75, 3.05) is 19.7 Å². The molecule has 0 aliphatic heterocycles. The molecule has 134 valence electrons. The van der Waals surface area contributed by atoms with Gasteiger partial charge in [0, 0.05) is 19.7 Å². The van der Waals surface area contributed by atoms with Crippen LogP contribution in [0.1, 0.15) is 56.6 Å². The Hall–Kier alpha value is -1.55. The van der Waals surface area contributed by atoms with Crippen LogP contribution in [0.3, 0.4) is 0 Å². The summed E-state index contributed by atoms with van der Waals surface area (Å²) in [7, 11) is 0. The van der Waals surface area contributed by atoms with Crippen LogP contribution in [0.25, 0.3) is 0 Å². The molecule has 0 spiro atoms. The number of aliphatic hydroxyl groups excluding tert-OH is 1. The van der Waals surface area contributed by atoms with Gasteiger partial charge in [-0.15, -0.1) is 0 Å². The maximum Gasteiger partial charge on any atom is 0.191 e. The van der Waals surface area contributed by atoms with E-state index in [4.69, 9.17) is 4.99 Å². The van der Waals surface area contributed by atoms with E-state index < -0.39 is 0 Å².